The van der Waals surface area contributed by atoms with Crippen molar-refractivity contribution in [3.05, 3.63) is 24.2 Å². The van der Waals surface area contributed by atoms with Crippen LogP contribution >= 0.6 is 0 Å². The first-order chi connectivity index (χ1) is 9.29. The third-order valence-electron chi connectivity index (χ3n) is 3.07. The maximum Gasteiger partial charge on any atom is 0.317 e. The van der Waals surface area contributed by atoms with Gasteiger partial charge >= 0.3 is 6.03 Å². The summed E-state index contributed by atoms with van der Waals surface area (Å²) in [5.41, 5.74) is 0. The monoisotopic (exact) mass is 268 g/mol. The predicted octanol–water partition coefficient (Wildman–Crippen LogP) is 1.23. The summed E-state index contributed by atoms with van der Waals surface area (Å²) >= 11 is 0. The molecule has 19 heavy (non-hydrogen) atoms. The highest BCUT2D eigenvalue weighted by molar-refractivity contribution is 5.74. The Hall–Kier alpha value is -1.53. The van der Waals surface area contributed by atoms with Crippen LogP contribution in [0.5, 0.6) is 0 Å². The number of nitrogens with zero attached hydrogens (tertiary/aromatic N) is 1. The highest BCUT2D eigenvalue weighted by Gasteiger charge is 2.26. The quantitative estimate of drug-likeness (QED) is 0.788. The Morgan fingerprint density at radius 2 is 2.47 bits per heavy atom. The fourth-order valence-corrected chi connectivity index (χ4v) is 2.03. The molecular formula is C13H20N2O4. The van der Waals surface area contributed by atoms with Crippen LogP contribution in [0.15, 0.2) is 22.8 Å². The van der Waals surface area contributed by atoms with Crippen molar-refractivity contribution in [1.29, 1.82) is 0 Å². The predicted molar refractivity (Wildman–Crippen MR) is 68.7 cm³/mol. The molecular weight excluding hydrogens is 248 g/mol. The molecule has 0 saturated carbocycles. The fraction of sp³-hybridized carbons (Fsp3) is 0.615. The van der Waals surface area contributed by atoms with Gasteiger partial charge in [-0.3, -0.25) is 0 Å². The fourth-order valence-electron chi connectivity index (χ4n) is 2.03. The zero-order valence-corrected chi connectivity index (χ0v) is 11.1. The first-order valence-electron chi connectivity index (χ1n) is 6.45. The minimum atomic E-state index is -0.0748. The largest absolute Gasteiger partial charge is 0.467 e. The molecule has 1 unspecified atom stereocenters. The average Bonchev–Trinajstić information content (AvgIpc) is 3.07. The Morgan fingerprint density at radius 3 is 3.21 bits per heavy atom. The number of methoxy groups -OCH3 is 1. The number of nitrogens with one attached hydrogen (secondary N) is 1. The number of urea groups is 1. The van der Waals surface area contributed by atoms with E-state index in [1.807, 2.05) is 6.07 Å². The molecule has 2 heterocycles. The van der Waals surface area contributed by atoms with E-state index in [4.69, 9.17) is 13.9 Å². The van der Waals surface area contributed by atoms with Gasteiger partial charge in [0.25, 0.3) is 0 Å². The highest BCUT2D eigenvalue weighted by Crippen LogP contribution is 2.12. The van der Waals surface area contributed by atoms with Crippen molar-refractivity contribution in [2.45, 2.75) is 19.1 Å². The molecule has 2 amide bonds. The molecule has 1 aliphatic heterocycles. The maximum absolute atomic E-state index is 11.9. The minimum Gasteiger partial charge on any atom is -0.467 e. The number of likely N-dealkylation sites (tertiary alicyclic amines) is 1. The zero-order chi connectivity index (χ0) is 13.5. The van der Waals surface area contributed by atoms with Crippen molar-refractivity contribution < 1.29 is 18.7 Å². The standard InChI is InChI=1S/C13H20N2O4/c1-17-7-8-19-12-4-5-15(10-12)13(16)14-9-11-3-2-6-18-11/h2-3,6,12H,4-5,7-10H2,1H3,(H,14,16). The van der Waals surface area contributed by atoms with E-state index >= 15 is 0 Å². The second-order valence-electron chi connectivity index (χ2n) is 4.46. The summed E-state index contributed by atoms with van der Waals surface area (Å²) in [6.07, 6.45) is 2.58. The number of carbonyl (C=O) groups excluding carboxylic acids is 1. The van der Waals surface area contributed by atoms with E-state index in [1.165, 1.54) is 0 Å². The molecule has 6 nitrogen and oxygen atoms in total. The lowest BCUT2D eigenvalue weighted by Crippen LogP contribution is -2.38. The van der Waals surface area contributed by atoms with Gasteiger partial charge in [0, 0.05) is 20.2 Å². The van der Waals surface area contributed by atoms with Crippen LogP contribution in [-0.4, -0.2) is 50.4 Å². The third kappa shape index (κ3) is 4.25. The Bertz CT molecular complexity index is 380. The van der Waals surface area contributed by atoms with Gasteiger partial charge in [-0.1, -0.05) is 0 Å². The Labute approximate surface area is 112 Å². The minimum absolute atomic E-state index is 0.0748. The second kappa shape index (κ2) is 7.16. The Kier molecular flexibility index (Phi) is 5.23. The van der Waals surface area contributed by atoms with Crippen LogP contribution in [0.2, 0.25) is 0 Å². The second-order valence-corrected chi connectivity index (χ2v) is 4.46. The number of hydrogen-bond acceptors (Lipinski definition) is 4. The molecule has 1 saturated heterocycles. The van der Waals surface area contributed by atoms with Gasteiger partial charge < -0.3 is 24.1 Å². The van der Waals surface area contributed by atoms with Crippen molar-refractivity contribution in [3.8, 4) is 0 Å². The van der Waals surface area contributed by atoms with E-state index in [0.717, 1.165) is 18.7 Å². The third-order valence-corrected chi connectivity index (χ3v) is 3.07. The summed E-state index contributed by atoms with van der Waals surface area (Å²) < 4.78 is 15.7. The summed E-state index contributed by atoms with van der Waals surface area (Å²) in [5, 5.41) is 2.83. The molecule has 0 spiro atoms. The van der Waals surface area contributed by atoms with Crippen molar-refractivity contribution >= 4 is 6.03 Å². The van der Waals surface area contributed by atoms with E-state index in [0.29, 0.717) is 26.3 Å². The van der Waals surface area contributed by atoms with Crippen molar-refractivity contribution in [3.63, 3.8) is 0 Å². The van der Waals surface area contributed by atoms with Gasteiger partial charge in [0.1, 0.15) is 5.76 Å². The summed E-state index contributed by atoms with van der Waals surface area (Å²) in [6.45, 7) is 2.93. The molecule has 1 aromatic rings. The van der Waals surface area contributed by atoms with Gasteiger partial charge in [-0.25, -0.2) is 4.79 Å². The van der Waals surface area contributed by atoms with E-state index in [9.17, 15) is 4.79 Å². The summed E-state index contributed by atoms with van der Waals surface area (Å²) in [6, 6.07) is 3.56. The number of carbonyl (C=O) groups is 1. The maximum atomic E-state index is 11.9. The summed E-state index contributed by atoms with van der Waals surface area (Å²) in [7, 11) is 1.65. The van der Waals surface area contributed by atoms with Gasteiger partial charge in [0.05, 0.1) is 32.1 Å². The molecule has 1 aromatic heterocycles. The van der Waals surface area contributed by atoms with Crippen LogP contribution in [0.3, 0.4) is 0 Å². The lowest BCUT2D eigenvalue weighted by Gasteiger charge is -2.17. The number of rotatable bonds is 6. The number of ether oxygens (including phenoxy) is 2. The molecule has 6 heteroatoms. The molecule has 1 fully saturated rings. The van der Waals surface area contributed by atoms with Gasteiger partial charge in [0.15, 0.2) is 0 Å². The van der Waals surface area contributed by atoms with E-state index in [1.54, 1.807) is 24.3 Å². The van der Waals surface area contributed by atoms with Crippen molar-refractivity contribution in [2.24, 2.45) is 0 Å². The lowest BCUT2D eigenvalue weighted by molar-refractivity contribution is 0.0236. The smallest absolute Gasteiger partial charge is 0.317 e. The lowest BCUT2D eigenvalue weighted by atomic mass is 10.3. The first-order valence-corrected chi connectivity index (χ1v) is 6.45. The molecule has 0 radical (unpaired) electrons. The highest BCUT2D eigenvalue weighted by atomic mass is 16.5. The van der Waals surface area contributed by atoms with Gasteiger partial charge in [-0.2, -0.15) is 0 Å². The van der Waals surface area contributed by atoms with Crippen LogP contribution in [-0.2, 0) is 16.0 Å². The molecule has 1 aliphatic rings. The molecule has 1 atom stereocenters. The zero-order valence-electron chi connectivity index (χ0n) is 11.1. The van der Waals surface area contributed by atoms with Crippen LogP contribution < -0.4 is 5.32 Å². The van der Waals surface area contributed by atoms with E-state index in [-0.39, 0.29) is 12.1 Å². The van der Waals surface area contributed by atoms with Crippen LogP contribution in [0.4, 0.5) is 4.79 Å². The van der Waals surface area contributed by atoms with Gasteiger partial charge in [-0.15, -0.1) is 0 Å². The molecule has 0 aliphatic carbocycles. The number of amides is 2. The molecule has 0 aromatic carbocycles. The first kappa shape index (κ1) is 13.9. The molecule has 2 rings (SSSR count). The van der Waals surface area contributed by atoms with Crippen molar-refractivity contribution in [1.82, 2.24) is 10.2 Å². The summed E-state index contributed by atoms with van der Waals surface area (Å²) in [4.78, 5) is 13.7. The van der Waals surface area contributed by atoms with Crippen molar-refractivity contribution in [2.75, 3.05) is 33.4 Å². The van der Waals surface area contributed by atoms with E-state index in [2.05, 4.69) is 5.32 Å². The van der Waals surface area contributed by atoms with Crippen LogP contribution in [0.25, 0.3) is 0 Å². The number of furan rings is 1. The molecule has 1 N–H and O–H groups in total. The number of hydrogen-bond donors (Lipinski definition) is 1. The Morgan fingerprint density at radius 1 is 1.58 bits per heavy atom. The van der Waals surface area contributed by atoms with Gasteiger partial charge in [-0.05, 0) is 18.6 Å². The van der Waals surface area contributed by atoms with E-state index < -0.39 is 0 Å². The average molecular weight is 268 g/mol. The Balaban J connectivity index is 1.66. The SMILES string of the molecule is COCCOC1CCN(C(=O)NCc2ccco2)C1. The normalized spacial score (nSPS) is 18.8. The summed E-state index contributed by atoms with van der Waals surface area (Å²) in [5.74, 6) is 0.750. The van der Waals surface area contributed by atoms with Crippen LogP contribution in [0, 0.1) is 0 Å². The molecule has 0 bridgehead atoms. The van der Waals surface area contributed by atoms with Gasteiger partial charge in [0.2, 0.25) is 0 Å². The van der Waals surface area contributed by atoms with Crippen LogP contribution in [0.1, 0.15) is 12.2 Å². The molecule has 106 valence electrons. The topological polar surface area (TPSA) is 63.9 Å².